The van der Waals surface area contributed by atoms with E-state index in [9.17, 15) is 4.79 Å². The molecule has 22 heavy (non-hydrogen) atoms. The van der Waals surface area contributed by atoms with Crippen molar-refractivity contribution in [2.75, 3.05) is 12.3 Å². The summed E-state index contributed by atoms with van der Waals surface area (Å²) < 4.78 is 5.50. The van der Waals surface area contributed by atoms with E-state index in [2.05, 4.69) is 9.97 Å². The molecule has 1 aromatic rings. The Morgan fingerprint density at radius 1 is 1.41 bits per heavy atom. The molecule has 5 nitrogen and oxygen atoms in total. The summed E-state index contributed by atoms with van der Waals surface area (Å²) in [7, 11) is 0. The predicted octanol–water partition coefficient (Wildman–Crippen LogP) is 4.01. The third kappa shape index (κ3) is 5.32. The fourth-order valence-electron chi connectivity index (χ4n) is 2.28. The van der Waals surface area contributed by atoms with Crippen molar-refractivity contribution in [3.63, 3.8) is 0 Å². The normalized spacial score (nSPS) is 19.1. The summed E-state index contributed by atoms with van der Waals surface area (Å²) in [6.45, 7) is 6.42. The second-order valence-corrected chi connectivity index (χ2v) is 7.74. The number of nitrogens with zero attached hydrogens (tertiary/aromatic N) is 3. The number of carbonyl (C=O) groups excluding carboxylic acids is 1. The lowest BCUT2D eigenvalue weighted by Crippen LogP contribution is -2.47. The summed E-state index contributed by atoms with van der Waals surface area (Å²) in [6.07, 6.45) is 6.09. The van der Waals surface area contributed by atoms with Crippen LogP contribution in [0.5, 0.6) is 0 Å². The molecule has 0 saturated carbocycles. The van der Waals surface area contributed by atoms with Crippen LogP contribution >= 0.6 is 23.4 Å². The smallest absolute Gasteiger partial charge is 0.410 e. The number of likely N-dealkylation sites (tertiary alicyclic amines) is 1. The highest BCUT2D eigenvalue weighted by molar-refractivity contribution is 7.99. The number of amides is 1. The van der Waals surface area contributed by atoms with E-state index in [1.54, 1.807) is 24.2 Å². The van der Waals surface area contributed by atoms with Gasteiger partial charge in [-0.25, -0.2) is 14.8 Å². The SMILES string of the molecule is CC(C)(C)OC(=O)N1CCCC[C@@H]1CSc1ncc(Cl)cn1. The molecule has 2 heterocycles. The van der Waals surface area contributed by atoms with Crippen molar-refractivity contribution in [1.29, 1.82) is 0 Å². The highest BCUT2D eigenvalue weighted by Crippen LogP contribution is 2.25. The van der Waals surface area contributed by atoms with Gasteiger partial charge in [0.15, 0.2) is 5.16 Å². The van der Waals surface area contributed by atoms with Crippen LogP contribution < -0.4 is 0 Å². The zero-order valence-corrected chi connectivity index (χ0v) is 14.8. The number of aromatic nitrogens is 2. The van der Waals surface area contributed by atoms with Crippen molar-refractivity contribution < 1.29 is 9.53 Å². The zero-order valence-electron chi connectivity index (χ0n) is 13.2. The Hall–Kier alpha value is -1.01. The number of halogens is 1. The molecule has 1 aliphatic rings. The molecule has 1 fully saturated rings. The first-order valence-corrected chi connectivity index (χ1v) is 8.81. The van der Waals surface area contributed by atoms with E-state index in [1.807, 2.05) is 25.7 Å². The van der Waals surface area contributed by atoms with Gasteiger partial charge in [-0.1, -0.05) is 23.4 Å². The molecule has 7 heteroatoms. The molecule has 0 N–H and O–H groups in total. The standard InChI is InChI=1S/C15H22ClN3O2S/c1-15(2,3)21-14(20)19-7-5-4-6-12(19)10-22-13-17-8-11(16)9-18-13/h8-9,12H,4-7,10H2,1-3H3/t12-/m1/s1. The van der Waals surface area contributed by atoms with E-state index in [0.29, 0.717) is 10.2 Å². The average Bonchev–Trinajstić information content (AvgIpc) is 2.45. The number of hydrogen-bond acceptors (Lipinski definition) is 5. The highest BCUT2D eigenvalue weighted by atomic mass is 35.5. The molecule has 1 aliphatic heterocycles. The molecule has 122 valence electrons. The molecule has 0 spiro atoms. The molecule has 1 amide bonds. The average molecular weight is 344 g/mol. The van der Waals surface area contributed by atoms with Gasteiger partial charge >= 0.3 is 6.09 Å². The Kier molecular flexibility index (Phi) is 5.92. The highest BCUT2D eigenvalue weighted by Gasteiger charge is 2.30. The number of carbonyl (C=O) groups is 1. The van der Waals surface area contributed by atoms with Crippen molar-refractivity contribution in [3.8, 4) is 0 Å². The number of thioether (sulfide) groups is 1. The van der Waals surface area contributed by atoms with Crippen LogP contribution in [0.15, 0.2) is 17.6 Å². The fourth-order valence-corrected chi connectivity index (χ4v) is 3.32. The van der Waals surface area contributed by atoms with E-state index >= 15 is 0 Å². The lowest BCUT2D eigenvalue weighted by molar-refractivity contribution is 0.0125. The van der Waals surface area contributed by atoms with Crippen molar-refractivity contribution in [1.82, 2.24) is 14.9 Å². The van der Waals surface area contributed by atoms with Crippen LogP contribution in [-0.4, -0.2) is 44.9 Å². The van der Waals surface area contributed by atoms with Crippen LogP contribution in [0.4, 0.5) is 4.79 Å². The Bertz CT molecular complexity index is 505. The number of piperidine rings is 1. The second-order valence-electron chi connectivity index (χ2n) is 6.32. The van der Waals surface area contributed by atoms with Gasteiger partial charge < -0.3 is 9.64 Å². The molecule has 0 unspecified atom stereocenters. The summed E-state index contributed by atoms with van der Waals surface area (Å²) in [6, 6.07) is 0.160. The molecule has 2 rings (SSSR count). The van der Waals surface area contributed by atoms with Gasteiger partial charge in [0, 0.05) is 18.3 Å². The third-order valence-corrected chi connectivity index (χ3v) is 4.47. The summed E-state index contributed by atoms with van der Waals surface area (Å²) in [5.41, 5.74) is -0.467. The summed E-state index contributed by atoms with van der Waals surface area (Å²) in [5, 5.41) is 1.21. The zero-order chi connectivity index (χ0) is 16.2. The van der Waals surface area contributed by atoms with Crippen LogP contribution in [0, 0.1) is 0 Å². The number of ether oxygens (including phenoxy) is 1. The minimum absolute atomic E-state index is 0.160. The first-order chi connectivity index (χ1) is 10.3. The fraction of sp³-hybridized carbons (Fsp3) is 0.667. The van der Waals surface area contributed by atoms with Crippen LogP contribution in [0.1, 0.15) is 40.0 Å². The Morgan fingerprint density at radius 2 is 2.09 bits per heavy atom. The maximum absolute atomic E-state index is 12.3. The molecule has 0 bridgehead atoms. The van der Waals surface area contributed by atoms with Gasteiger partial charge in [0.2, 0.25) is 0 Å². The topological polar surface area (TPSA) is 55.3 Å². The van der Waals surface area contributed by atoms with E-state index in [-0.39, 0.29) is 12.1 Å². The van der Waals surface area contributed by atoms with Crippen molar-refractivity contribution in [3.05, 3.63) is 17.4 Å². The monoisotopic (exact) mass is 343 g/mol. The molecular weight excluding hydrogens is 322 g/mol. The second kappa shape index (κ2) is 7.51. The van der Waals surface area contributed by atoms with E-state index in [0.717, 1.165) is 31.6 Å². The van der Waals surface area contributed by atoms with Gasteiger partial charge in [-0.3, -0.25) is 0 Å². The molecule has 1 aromatic heterocycles. The molecule has 0 radical (unpaired) electrons. The van der Waals surface area contributed by atoms with E-state index < -0.39 is 5.60 Å². The molecular formula is C15H22ClN3O2S. The maximum Gasteiger partial charge on any atom is 0.410 e. The van der Waals surface area contributed by atoms with Crippen molar-refractivity contribution in [2.24, 2.45) is 0 Å². The predicted molar refractivity (Wildman–Crippen MR) is 88.3 cm³/mol. The van der Waals surface area contributed by atoms with Crippen LogP contribution in [0.3, 0.4) is 0 Å². The van der Waals surface area contributed by atoms with Crippen LogP contribution in [0.25, 0.3) is 0 Å². The van der Waals surface area contributed by atoms with Crippen molar-refractivity contribution in [2.45, 2.75) is 56.8 Å². The molecule has 1 saturated heterocycles. The summed E-state index contributed by atoms with van der Waals surface area (Å²) >= 11 is 7.33. The van der Waals surface area contributed by atoms with Gasteiger partial charge in [0.25, 0.3) is 0 Å². The van der Waals surface area contributed by atoms with E-state index in [1.165, 1.54) is 0 Å². The van der Waals surface area contributed by atoms with Gasteiger partial charge in [-0.2, -0.15) is 0 Å². The van der Waals surface area contributed by atoms with Crippen LogP contribution in [-0.2, 0) is 4.74 Å². The van der Waals surface area contributed by atoms with E-state index in [4.69, 9.17) is 16.3 Å². The van der Waals surface area contributed by atoms with Gasteiger partial charge in [-0.05, 0) is 40.0 Å². The summed E-state index contributed by atoms with van der Waals surface area (Å²) in [4.78, 5) is 22.5. The summed E-state index contributed by atoms with van der Waals surface area (Å²) in [5.74, 6) is 0.765. The lowest BCUT2D eigenvalue weighted by atomic mass is 10.0. The number of rotatable bonds is 3. The third-order valence-electron chi connectivity index (χ3n) is 3.26. The minimum Gasteiger partial charge on any atom is -0.444 e. The Balaban J connectivity index is 1.94. The van der Waals surface area contributed by atoms with Crippen molar-refractivity contribution >= 4 is 29.5 Å². The molecule has 1 atom stereocenters. The first-order valence-electron chi connectivity index (χ1n) is 7.45. The van der Waals surface area contributed by atoms with Gasteiger partial charge in [0.1, 0.15) is 5.60 Å². The molecule has 0 aromatic carbocycles. The largest absolute Gasteiger partial charge is 0.444 e. The quantitative estimate of drug-likeness (QED) is 0.613. The molecule has 0 aliphatic carbocycles. The van der Waals surface area contributed by atoms with Gasteiger partial charge in [-0.15, -0.1) is 0 Å². The Morgan fingerprint density at radius 3 is 2.73 bits per heavy atom. The first kappa shape index (κ1) is 17.3. The minimum atomic E-state index is -0.467. The van der Waals surface area contributed by atoms with Crippen LogP contribution in [0.2, 0.25) is 5.02 Å². The maximum atomic E-state index is 12.3. The Labute approximate surface area is 140 Å². The lowest BCUT2D eigenvalue weighted by Gasteiger charge is -2.36. The number of hydrogen-bond donors (Lipinski definition) is 0. The van der Waals surface area contributed by atoms with Gasteiger partial charge in [0.05, 0.1) is 17.4 Å².